The third-order valence-electron chi connectivity index (χ3n) is 10.2. The number of nitrogens with two attached hydrogens (primary N) is 1. The number of halogens is 2. The summed E-state index contributed by atoms with van der Waals surface area (Å²) in [6.07, 6.45) is 4.42. The topological polar surface area (TPSA) is 43.1 Å². The number of amides is 1. The van der Waals surface area contributed by atoms with Crippen LogP contribution in [-0.4, -0.2) is 11.9 Å². The van der Waals surface area contributed by atoms with Crippen molar-refractivity contribution < 1.29 is 20.1 Å². The first-order valence-corrected chi connectivity index (χ1v) is 34.7. The maximum absolute atomic E-state index is 13.5. The van der Waals surface area contributed by atoms with Gasteiger partial charge in [0.2, 0.25) is 0 Å². The van der Waals surface area contributed by atoms with Gasteiger partial charge in [0.15, 0.2) is 0 Å². The molecule has 3 atom stereocenters. The molecule has 3 aliphatic carbocycles. The van der Waals surface area contributed by atoms with Crippen molar-refractivity contribution in [3.8, 4) is 11.1 Å². The molecule has 4 aromatic carbocycles. The maximum atomic E-state index is 13.5. The molecule has 3 unspecified atom stereocenters. The van der Waals surface area contributed by atoms with Crippen molar-refractivity contribution in [2.45, 2.75) is 35.8 Å². The first kappa shape index (κ1) is 25.9. The number of rotatable bonds is 6. The van der Waals surface area contributed by atoms with Gasteiger partial charge in [-0.3, -0.25) is 0 Å². The zero-order valence-electron chi connectivity index (χ0n) is 21.8. The number of carbonyl (C=O) groups is 1. The SMILES string of the molecule is NC(=O)C12CCC(C[CH]1[Hf]([Cl])([Cl])([c]1cccc3c1Cc1ccccc1-3)[SiH](c1ccccc1)c1ccccc1)C2. The average Bonchev–Trinajstić information content (AvgIpc) is 3.67. The molecule has 4 aromatic rings. The Bertz CT molecular complexity index is 1550. The molecular formula is C33H32Cl2HfNOSi. The number of benzene rings is 4. The molecule has 197 valence electrons. The van der Waals surface area contributed by atoms with Gasteiger partial charge in [0, 0.05) is 0 Å². The molecule has 0 aromatic heterocycles. The third-order valence-corrected chi connectivity index (χ3v) is 68.9. The second-order valence-corrected chi connectivity index (χ2v) is 63.9. The summed E-state index contributed by atoms with van der Waals surface area (Å²) in [5.74, 6) is -2.01. The standard InChI is InChI=1S/C13H9.C12H11Si.C8H12NO.2ClH.Hf/c1-3-7-12-10(5-1)9-11-6-2-4-8-13(11)12;1-3-7-11(8-4-1)13-12-9-5-2-6-10-12;9-7(10)8-3-1-6(5-8)2-4-8;;;/h1-5,7-8H,9H2;1-10,13H;3,6H,1-2,4-5H2,(H2,9,10);2*1H;/q;;;;;+2/p-2. The quantitative estimate of drug-likeness (QED) is 0.218. The summed E-state index contributed by atoms with van der Waals surface area (Å²) >= 11 is -5.42. The molecule has 0 spiro atoms. The molecule has 0 radical (unpaired) electrons. The first-order chi connectivity index (χ1) is 18.8. The van der Waals surface area contributed by atoms with Crippen LogP contribution in [0.4, 0.5) is 0 Å². The summed E-state index contributed by atoms with van der Waals surface area (Å²) in [6.45, 7) is 0. The minimum atomic E-state index is -5.42. The van der Waals surface area contributed by atoms with Crippen LogP contribution in [0.15, 0.2) is 103 Å². The molecule has 2 fully saturated rings. The monoisotopic (exact) mass is 736 g/mol. The van der Waals surface area contributed by atoms with Crippen LogP contribution in [0.1, 0.15) is 36.8 Å². The van der Waals surface area contributed by atoms with Crippen LogP contribution >= 0.6 is 17.2 Å². The van der Waals surface area contributed by atoms with Crippen molar-refractivity contribution >= 4 is 42.7 Å². The number of primary amides is 1. The fraction of sp³-hybridized carbons (Fsp3) is 0.242. The molecule has 0 aliphatic heterocycles. The Morgan fingerprint density at radius 3 is 2.08 bits per heavy atom. The molecule has 2 nitrogen and oxygen atoms in total. The van der Waals surface area contributed by atoms with Gasteiger partial charge in [0.25, 0.3) is 0 Å². The normalized spacial score (nSPS) is 24.2. The minimum absolute atomic E-state index is 0.0682. The Hall–Kier alpha value is -1.98. The van der Waals surface area contributed by atoms with Crippen LogP contribution in [0, 0.1) is 11.3 Å². The molecule has 0 heterocycles. The first-order valence-electron chi connectivity index (χ1n) is 14.0. The predicted molar refractivity (Wildman–Crippen MR) is 163 cm³/mol. The Balaban J connectivity index is 1.57. The van der Waals surface area contributed by atoms with Crippen molar-refractivity contribution in [3.05, 3.63) is 114 Å². The fourth-order valence-electron chi connectivity index (χ4n) is 8.62. The summed E-state index contributed by atoms with van der Waals surface area (Å²) in [5, 5.41) is 2.53. The van der Waals surface area contributed by atoms with Crippen LogP contribution < -0.4 is 19.4 Å². The molecule has 39 heavy (non-hydrogen) atoms. The molecule has 0 saturated heterocycles. The van der Waals surface area contributed by atoms with Crippen molar-refractivity contribution in [2.75, 3.05) is 0 Å². The fourth-order valence-corrected chi connectivity index (χ4v) is 76.8. The van der Waals surface area contributed by atoms with Crippen molar-refractivity contribution in [3.63, 3.8) is 0 Å². The van der Waals surface area contributed by atoms with Crippen molar-refractivity contribution in [2.24, 2.45) is 17.1 Å². The Labute approximate surface area is 239 Å². The van der Waals surface area contributed by atoms with Crippen molar-refractivity contribution in [1.82, 2.24) is 0 Å². The van der Waals surface area contributed by atoms with Gasteiger partial charge in [-0.25, -0.2) is 0 Å². The van der Waals surface area contributed by atoms with E-state index in [-0.39, 0.29) is 9.58 Å². The van der Waals surface area contributed by atoms with Gasteiger partial charge in [-0.2, -0.15) is 0 Å². The van der Waals surface area contributed by atoms with E-state index in [1.165, 1.54) is 35.9 Å². The zero-order valence-corrected chi connectivity index (χ0v) is 28.1. The summed E-state index contributed by atoms with van der Waals surface area (Å²) in [4.78, 5) is 13.5. The van der Waals surface area contributed by atoms with Gasteiger partial charge in [0.05, 0.1) is 0 Å². The predicted octanol–water partition coefficient (Wildman–Crippen LogP) is 5.88. The summed E-state index contributed by atoms with van der Waals surface area (Å²) in [6, 6.07) is 36.8. The number of fused-ring (bicyclic) bond motifs is 5. The third kappa shape index (κ3) is 3.71. The molecule has 2 N–H and O–H groups in total. The van der Waals surface area contributed by atoms with Gasteiger partial charge in [-0.05, 0) is 0 Å². The van der Waals surface area contributed by atoms with Crippen LogP contribution in [0.3, 0.4) is 0 Å². The molecule has 2 bridgehead atoms. The molecule has 2 saturated carbocycles. The van der Waals surface area contributed by atoms with Crippen LogP contribution in [0.5, 0.6) is 0 Å². The molecular weight excluding hydrogens is 704 g/mol. The van der Waals surface area contributed by atoms with E-state index < -0.39 is 26.7 Å². The second kappa shape index (κ2) is 9.27. The zero-order chi connectivity index (χ0) is 26.9. The van der Waals surface area contributed by atoms with E-state index in [0.717, 1.165) is 32.1 Å². The Morgan fingerprint density at radius 1 is 0.821 bits per heavy atom. The van der Waals surface area contributed by atoms with E-state index >= 15 is 0 Å². The molecule has 1 amide bonds. The van der Waals surface area contributed by atoms with Gasteiger partial charge in [-0.15, -0.1) is 0 Å². The Kier molecular flexibility index (Phi) is 6.17. The van der Waals surface area contributed by atoms with Gasteiger partial charge < -0.3 is 0 Å². The van der Waals surface area contributed by atoms with Gasteiger partial charge in [0.1, 0.15) is 0 Å². The molecule has 7 rings (SSSR count). The van der Waals surface area contributed by atoms with E-state index in [4.69, 9.17) is 22.9 Å². The summed E-state index contributed by atoms with van der Waals surface area (Å²) in [7, 11) is 17.3. The van der Waals surface area contributed by atoms with Crippen molar-refractivity contribution in [1.29, 1.82) is 0 Å². The van der Waals surface area contributed by atoms with Crippen LogP contribution in [0.25, 0.3) is 11.1 Å². The van der Waals surface area contributed by atoms with E-state index in [9.17, 15) is 4.79 Å². The van der Waals surface area contributed by atoms with E-state index in [2.05, 4.69) is 103 Å². The van der Waals surface area contributed by atoms with Crippen LogP contribution in [0.2, 0.25) is 3.67 Å². The molecule has 6 heteroatoms. The van der Waals surface area contributed by atoms with Crippen LogP contribution in [-0.2, 0) is 26.5 Å². The summed E-state index contributed by atoms with van der Waals surface area (Å²) < 4.78 is 1.12. The van der Waals surface area contributed by atoms with E-state index in [0.29, 0.717) is 5.92 Å². The average molecular weight is 736 g/mol. The van der Waals surface area contributed by atoms with Gasteiger partial charge >= 0.3 is 241 Å². The summed E-state index contributed by atoms with van der Waals surface area (Å²) in [5.41, 5.74) is 10.9. The Morgan fingerprint density at radius 2 is 1.44 bits per heavy atom. The number of hydrogen-bond donors (Lipinski definition) is 1. The number of hydrogen-bond acceptors (Lipinski definition) is 1. The van der Waals surface area contributed by atoms with E-state index in [1.54, 1.807) is 0 Å². The second-order valence-electron chi connectivity index (χ2n) is 12.0. The van der Waals surface area contributed by atoms with Gasteiger partial charge in [-0.1, -0.05) is 0 Å². The number of carbonyl (C=O) groups excluding carboxylic acids is 1. The molecule has 3 aliphatic rings. The van der Waals surface area contributed by atoms with E-state index in [1.807, 2.05) is 0 Å².